The van der Waals surface area contributed by atoms with Gasteiger partial charge in [0.2, 0.25) is 10.0 Å². The summed E-state index contributed by atoms with van der Waals surface area (Å²) in [7, 11) is -3.62. The molecule has 2 aromatic rings. The van der Waals surface area contributed by atoms with E-state index in [0.29, 0.717) is 25.3 Å². The number of halogens is 3. The Morgan fingerprint density at radius 2 is 1.89 bits per heavy atom. The van der Waals surface area contributed by atoms with Crippen LogP contribution in [-0.2, 0) is 16.2 Å². The Balaban J connectivity index is 1.60. The summed E-state index contributed by atoms with van der Waals surface area (Å²) in [6, 6.07) is 11.0. The van der Waals surface area contributed by atoms with Crippen LogP contribution in [0.2, 0.25) is 0 Å². The third kappa shape index (κ3) is 5.30. The number of nitrogens with one attached hydrogen (secondary N) is 1. The predicted molar refractivity (Wildman–Crippen MR) is 97.4 cm³/mol. The zero-order chi connectivity index (χ0) is 19.5. The van der Waals surface area contributed by atoms with Gasteiger partial charge in [-0.15, -0.1) is 0 Å². The fourth-order valence-electron chi connectivity index (χ4n) is 2.81. The Morgan fingerprint density at radius 3 is 2.52 bits per heavy atom. The molecule has 5 nitrogen and oxygen atoms in total. The molecule has 1 aliphatic rings. The van der Waals surface area contributed by atoms with Crippen LogP contribution in [-0.4, -0.2) is 32.5 Å². The minimum absolute atomic E-state index is 0.334. The van der Waals surface area contributed by atoms with Gasteiger partial charge in [-0.25, -0.2) is 18.1 Å². The first kappa shape index (κ1) is 19.4. The van der Waals surface area contributed by atoms with Crippen LogP contribution in [0.4, 0.5) is 19.0 Å². The summed E-state index contributed by atoms with van der Waals surface area (Å²) in [4.78, 5) is 5.61. The van der Waals surface area contributed by atoms with E-state index in [9.17, 15) is 21.6 Å². The van der Waals surface area contributed by atoms with E-state index in [2.05, 4.69) is 9.71 Å². The normalized spacial score (nSPS) is 18.3. The van der Waals surface area contributed by atoms with Crippen molar-refractivity contribution in [2.45, 2.75) is 18.6 Å². The first-order valence-electron chi connectivity index (χ1n) is 8.27. The predicted octanol–water partition coefficient (Wildman–Crippen LogP) is 3.27. The molecule has 9 heteroatoms. The Kier molecular flexibility index (Phi) is 5.52. The summed E-state index contributed by atoms with van der Waals surface area (Å²) < 4.78 is 64.8. The van der Waals surface area contributed by atoms with Gasteiger partial charge in [0, 0.05) is 30.7 Å². The maximum atomic E-state index is 12.6. The second-order valence-electron chi connectivity index (χ2n) is 6.21. The summed E-state index contributed by atoms with van der Waals surface area (Å²) in [5.74, 6) is 0.393. The number of nitrogens with zero attached hydrogens (tertiary/aromatic N) is 2. The van der Waals surface area contributed by atoms with Gasteiger partial charge in [0.05, 0.1) is 5.56 Å². The highest BCUT2D eigenvalue weighted by Gasteiger charge is 2.31. The van der Waals surface area contributed by atoms with Gasteiger partial charge in [-0.2, -0.15) is 13.2 Å². The molecule has 1 aromatic heterocycles. The van der Waals surface area contributed by atoms with Crippen molar-refractivity contribution in [1.29, 1.82) is 0 Å². The molecule has 1 fully saturated rings. The van der Waals surface area contributed by atoms with Crippen LogP contribution < -0.4 is 9.62 Å². The molecule has 1 saturated heterocycles. The number of alkyl halides is 3. The SMILES string of the molecule is O=S(=O)(/C=C/c1ccccc1)NC1CCN(c2ccc(C(F)(F)F)cn2)C1. The molecule has 0 amide bonds. The van der Waals surface area contributed by atoms with Crippen molar-refractivity contribution in [3.8, 4) is 0 Å². The van der Waals surface area contributed by atoms with Crippen LogP contribution >= 0.6 is 0 Å². The number of sulfonamides is 1. The largest absolute Gasteiger partial charge is 0.417 e. The molecule has 2 heterocycles. The van der Waals surface area contributed by atoms with Crippen molar-refractivity contribution >= 4 is 21.9 Å². The quantitative estimate of drug-likeness (QED) is 0.841. The van der Waals surface area contributed by atoms with Crippen molar-refractivity contribution in [3.05, 3.63) is 65.2 Å². The summed E-state index contributed by atoms with van der Waals surface area (Å²) in [6.07, 6.45) is -1.59. The second-order valence-corrected chi connectivity index (χ2v) is 7.81. The lowest BCUT2D eigenvalue weighted by atomic mass is 10.2. The van der Waals surface area contributed by atoms with E-state index in [1.54, 1.807) is 17.0 Å². The summed E-state index contributed by atoms with van der Waals surface area (Å²) >= 11 is 0. The summed E-state index contributed by atoms with van der Waals surface area (Å²) in [5.41, 5.74) is -0.0429. The van der Waals surface area contributed by atoms with Crippen molar-refractivity contribution in [2.24, 2.45) is 0 Å². The topological polar surface area (TPSA) is 62.3 Å². The van der Waals surface area contributed by atoms with Gasteiger partial charge in [-0.1, -0.05) is 30.3 Å². The van der Waals surface area contributed by atoms with Crippen molar-refractivity contribution in [3.63, 3.8) is 0 Å². The summed E-state index contributed by atoms with van der Waals surface area (Å²) in [6.45, 7) is 0.852. The van der Waals surface area contributed by atoms with Crippen molar-refractivity contribution in [1.82, 2.24) is 9.71 Å². The third-order valence-electron chi connectivity index (χ3n) is 4.16. The Labute approximate surface area is 155 Å². The molecular formula is C18H18F3N3O2S. The molecule has 1 atom stereocenters. The van der Waals surface area contributed by atoms with Crippen LogP contribution in [0, 0.1) is 0 Å². The maximum Gasteiger partial charge on any atom is 0.417 e. The molecule has 27 heavy (non-hydrogen) atoms. The number of aromatic nitrogens is 1. The number of benzene rings is 1. The van der Waals surface area contributed by atoms with Gasteiger partial charge in [0.25, 0.3) is 0 Å². The van der Waals surface area contributed by atoms with Crippen LogP contribution in [0.5, 0.6) is 0 Å². The minimum atomic E-state index is -4.43. The standard InChI is InChI=1S/C18H18F3N3O2S/c19-18(20,21)15-6-7-17(22-12-15)24-10-8-16(13-24)23-27(25,26)11-9-14-4-2-1-3-5-14/h1-7,9,11-12,16,23H,8,10,13H2/b11-9+. The summed E-state index contributed by atoms with van der Waals surface area (Å²) in [5, 5.41) is 1.11. The number of anilines is 1. The van der Waals surface area contributed by atoms with Crippen LogP contribution in [0.3, 0.4) is 0 Å². The van der Waals surface area contributed by atoms with Crippen LogP contribution in [0.15, 0.2) is 54.1 Å². The zero-order valence-electron chi connectivity index (χ0n) is 14.2. The highest BCUT2D eigenvalue weighted by Crippen LogP contribution is 2.29. The molecule has 1 aliphatic heterocycles. The first-order valence-corrected chi connectivity index (χ1v) is 9.81. The molecule has 0 radical (unpaired) electrons. The second kappa shape index (κ2) is 7.69. The monoisotopic (exact) mass is 397 g/mol. The van der Waals surface area contributed by atoms with Crippen molar-refractivity contribution in [2.75, 3.05) is 18.0 Å². The molecule has 0 spiro atoms. The molecular weight excluding hydrogens is 379 g/mol. The van der Waals surface area contributed by atoms with Crippen molar-refractivity contribution < 1.29 is 21.6 Å². The Morgan fingerprint density at radius 1 is 1.15 bits per heavy atom. The maximum absolute atomic E-state index is 12.6. The smallest absolute Gasteiger partial charge is 0.355 e. The molecule has 144 valence electrons. The number of pyridine rings is 1. The average molecular weight is 397 g/mol. The van der Waals surface area contributed by atoms with Gasteiger partial charge in [0.15, 0.2) is 0 Å². The Hall–Kier alpha value is -2.39. The number of hydrogen-bond donors (Lipinski definition) is 1. The average Bonchev–Trinajstić information content (AvgIpc) is 3.08. The van der Waals surface area contributed by atoms with Gasteiger partial charge in [-0.3, -0.25) is 0 Å². The van der Waals surface area contributed by atoms with E-state index < -0.39 is 21.8 Å². The zero-order valence-corrected chi connectivity index (χ0v) is 15.0. The van der Waals surface area contributed by atoms with E-state index in [-0.39, 0.29) is 6.04 Å². The molecule has 0 bridgehead atoms. The molecule has 1 unspecified atom stereocenters. The third-order valence-corrected chi connectivity index (χ3v) is 5.31. The van der Waals surface area contributed by atoms with E-state index in [0.717, 1.165) is 23.2 Å². The lowest BCUT2D eigenvalue weighted by Gasteiger charge is -2.18. The highest BCUT2D eigenvalue weighted by atomic mass is 32.2. The number of hydrogen-bond acceptors (Lipinski definition) is 4. The van der Waals surface area contributed by atoms with Crippen LogP contribution in [0.25, 0.3) is 6.08 Å². The molecule has 3 rings (SSSR count). The molecule has 0 aliphatic carbocycles. The molecule has 1 aromatic carbocycles. The molecule has 1 N–H and O–H groups in total. The lowest BCUT2D eigenvalue weighted by molar-refractivity contribution is -0.137. The highest BCUT2D eigenvalue weighted by molar-refractivity contribution is 7.92. The van der Waals surface area contributed by atoms with E-state index in [1.807, 2.05) is 18.2 Å². The lowest BCUT2D eigenvalue weighted by Crippen LogP contribution is -2.36. The van der Waals surface area contributed by atoms with Crippen LogP contribution in [0.1, 0.15) is 17.5 Å². The van der Waals surface area contributed by atoms with Gasteiger partial charge in [-0.05, 0) is 30.2 Å². The first-order chi connectivity index (χ1) is 12.7. The van der Waals surface area contributed by atoms with E-state index >= 15 is 0 Å². The van der Waals surface area contributed by atoms with Gasteiger partial charge < -0.3 is 4.90 Å². The minimum Gasteiger partial charge on any atom is -0.355 e. The van der Waals surface area contributed by atoms with Gasteiger partial charge in [0.1, 0.15) is 5.82 Å². The fraction of sp³-hybridized carbons (Fsp3) is 0.278. The fourth-order valence-corrected chi connectivity index (χ4v) is 3.88. The molecule has 0 saturated carbocycles. The van der Waals surface area contributed by atoms with Gasteiger partial charge >= 0.3 is 6.18 Å². The number of rotatable bonds is 5. The van der Waals surface area contributed by atoms with E-state index in [1.165, 1.54) is 12.1 Å². The Bertz CT molecular complexity index is 898. The van der Waals surface area contributed by atoms with E-state index in [4.69, 9.17) is 0 Å².